The molecule has 0 aromatic carbocycles. The predicted octanol–water partition coefficient (Wildman–Crippen LogP) is -0.318. The number of nitrogens with zero attached hydrogens (tertiary/aromatic N) is 4. The van der Waals surface area contributed by atoms with Crippen LogP contribution < -0.4 is 0 Å². The van der Waals surface area contributed by atoms with Gasteiger partial charge in [0.2, 0.25) is 5.91 Å². The average Bonchev–Trinajstić information content (AvgIpc) is 2.70. The molecule has 7 heteroatoms. The summed E-state index contributed by atoms with van der Waals surface area (Å²) in [5.41, 5.74) is 0. The minimum Gasteiger partial charge on any atom is -0.372 e. The Bertz CT molecular complexity index is 441. The van der Waals surface area contributed by atoms with Crippen molar-refractivity contribution in [3.05, 3.63) is 0 Å². The topological polar surface area (TPSA) is 76.9 Å². The van der Waals surface area contributed by atoms with Gasteiger partial charge in [-0.3, -0.25) is 14.5 Å². The molecule has 0 N–H and O–H groups in total. The molecule has 2 amide bonds. The molecule has 1 unspecified atom stereocenters. The lowest BCUT2D eigenvalue weighted by atomic mass is 10.2. The summed E-state index contributed by atoms with van der Waals surface area (Å²) >= 11 is 0. The van der Waals surface area contributed by atoms with E-state index in [-0.39, 0.29) is 18.4 Å². The highest BCUT2D eigenvalue weighted by Gasteiger charge is 2.30. The number of piperazine rings is 1. The first kappa shape index (κ1) is 16.7. The van der Waals surface area contributed by atoms with E-state index in [2.05, 4.69) is 6.07 Å². The Balaban J connectivity index is 1.86. The normalized spacial score (nSPS) is 24.0. The molecule has 2 heterocycles. The fourth-order valence-corrected chi connectivity index (χ4v) is 2.96. The lowest BCUT2D eigenvalue weighted by molar-refractivity contribution is -0.147. The van der Waals surface area contributed by atoms with Gasteiger partial charge in [0.15, 0.2) is 0 Å². The maximum atomic E-state index is 12.4. The summed E-state index contributed by atoms with van der Waals surface area (Å²) in [6.45, 7) is 3.84. The molecule has 0 spiro atoms. The van der Waals surface area contributed by atoms with Gasteiger partial charge >= 0.3 is 0 Å². The maximum Gasteiger partial charge on any atom is 0.252 e. The maximum absolute atomic E-state index is 12.4. The molecule has 0 radical (unpaired) electrons. The second-order valence-electron chi connectivity index (χ2n) is 5.79. The molecule has 0 saturated carbocycles. The number of carbonyl (C=O) groups excluding carboxylic acids is 2. The third-order valence-electron chi connectivity index (χ3n) is 4.36. The van der Waals surface area contributed by atoms with Crippen molar-refractivity contribution >= 4 is 11.8 Å². The largest absolute Gasteiger partial charge is 0.372 e. The second kappa shape index (κ2) is 8.11. The van der Waals surface area contributed by atoms with Crippen LogP contribution in [0.25, 0.3) is 0 Å². The van der Waals surface area contributed by atoms with E-state index < -0.39 is 6.10 Å². The van der Waals surface area contributed by atoms with Crippen molar-refractivity contribution < 1.29 is 14.3 Å². The number of hydrogen-bond acceptors (Lipinski definition) is 5. The lowest BCUT2D eigenvalue weighted by Crippen LogP contribution is -2.52. The molecule has 2 rings (SSSR count). The van der Waals surface area contributed by atoms with Crippen molar-refractivity contribution in [3.63, 3.8) is 0 Å². The molecule has 2 aliphatic rings. The Kier molecular flexibility index (Phi) is 6.16. The molecule has 0 aliphatic carbocycles. The number of amides is 2. The first-order chi connectivity index (χ1) is 10.7. The zero-order chi connectivity index (χ0) is 15.9. The first-order valence-electron chi connectivity index (χ1n) is 7.84. The fraction of sp³-hybridized carbons (Fsp3) is 0.800. The van der Waals surface area contributed by atoms with Crippen molar-refractivity contribution in [2.45, 2.75) is 25.4 Å². The molecule has 22 heavy (non-hydrogen) atoms. The Morgan fingerprint density at radius 2 is 2.00 bits per heavy atom. The standard InChI is InChI=1S/C15H24N4O3/c1-22-13-4-2-3-6-19(15(13)21)12-14(20)18-10-8-17(7-5-16)9-11-18/h13H,2-4,6-12H2,1H3. The van der Waals surface area contributed by atoms with E-state index in [0.717, 1.165) is 19.3 Å². The summed E-state index contributed by atoms with van der Waals surface area (Å²) in [6, 6.07) is 2.13. The third-order valence-corrected chi connectivity index (χ3v) is 4.36. The third kappa shape index (κ3) is 4.18. The Labute approximate surface area is 131 Å². The zero-order valence-corrected chi connectivity index (χ0v) is 13.2. The summed E-state index contributed by atoms with van der Waals surface area (Å²) in [5.74, 6) is -0.0850. The fourth-order valence-electron chi connectivity index (χ4n) is 2.96. The number of rotatable bonds is 4. The van der Waals surface area contributed by atoms with Gasteiger partial charge in [0, 0.05) is 39.8 Å². The number of methoxy groups -OCH3 is 1. The Morgan fingerprint density at radius 1 is 1.27 bits per heavy atom. The monoisotopic (exact) mass is 308 g/mol. The number of likely N-dealkylation sites (tertiary alicyclic amines) is 1. The van der Waals surface area contributed by atoms with Crippen LogP contribution >= 0.6 is 0 Å². The molecule has 0 bridgehead atoms. The molecule has 0 aromatic rings. The van der Waals surface area contributed by atoms with Gasteiger partial charge in [0.1, 0.15) is 6.10 Å². The Morgan fingerprint density at radius 3 is 2.64 bits per heavy atom. The van der Waals surface area contributed by atoms with Crippen molar-refractivity contribution in [1.82, 2.24) is 14.7 Å². The summed E-state index contributed by atoms with van der Waals surface area (Å²) in [6.07, 6.45) is 2.17. The molecule has 0 aromatic heterocycles. The van der Waals surface area contributed by atoms with Crippen molar-refractivity contribution in [2.24, 2.45) is 0 Å². The molecule has 1 atom stereocenters. The summed E-state index contributed by atoms with van der Waals surface area (Å²) in [5, 5.41) is 8.69. The van der Waals surface area contributed by atoms with E-state index in [1.54, 1.807) is 16.9 Å². The highest BCUT2D eigenvalue weighted by molar-refractivity contribution is 5.87. The van der Waals surface area contributed by atoms with E-state index in [1.807, 2.05) is 4.90 Å². The van der Waals surface area contributed by atoms with Crippen LogP contribution in [-0.2, 0) is 14.3 Å². The zero-order valence-electron chi connectivity index (χ0n) is 13.2. The van der Waals surface area contributed by atoms with Crippen LogP contribution in [0.3, 0.4) is 0 Å². The van der Waals surface area contributed by atoms with Crippen LogP contribution in [-0.4, -0.2) is 85.5 Å². The quantitative estimate of drug-likeness (QED) is 0.665. The number of carbonyl (C=O) groups is 2. The SMILES string of the molecule is COC1CCCCN(CC(=O)N2CCN(CC#N)CC2)C1=O. The molecule has 2 fully saturated rings. The molecule has 2 saturated heterocycles. The van der Waals surface area contributed by atoms with E-state index in [1.165, 1.54) is 0 Å². The van der Waals surface area contributed by atoms with Crippen LogP contribution in [0.4, 0.5) is 0 Å². The molecule has 7 nitrogen and oxygen atoms in total. The van der Waals surface area contributed by atoms with Gasteiger partial charge in [-0.2, -0.15) is 5.26 Å². The summed E-state index contributed by atoms with van der Waals surface area (Å²) in [7, 11) is 1.54. The van der Waals surface area contributed by atoms with E-state index >= 15 is 0 Å². The first-order valence-corrected chi connectivity index (χ1v) is 7.84. The number of nitriles is 1. The van der Waals surface area contributed by atoms with Crippen LogP contribution in [0.5, 0.6) is 0 Å². The molecular formula is C15H24N4O3. The minimum atomic E-state index is -0.414. The predicted molar refractivity (Wildman–Crippen MR) is 79.9 cm³/mol. The van der Waals surface area contributed by atoms with Gasteiger partial charge in [-0.25, -0.2) is 0 Å². The Hall–Kier alpha value is -1.65. The van der Waals surface area contributed by atoms with Crippen molar-refractivity contribution in [2.75, 3.05) is 52.9 Å². The summed E-state index contributed by atoms with van der Waals surface area (Å²) < 4.78 is 5.23. The molecule has 122 valence electrons. The lowest BCUT2D eigenvalue weighted by Gasteiger charge is -2.34. The van der Waals surface area contributed by atoms with Gasteiger partial charge < -0.3 is 14.5 Å². The van der Waals surface area contributed by atoms with Crippen LogP contribution in [0.2, 0.25) is 0 Å². The van der Waals surface area contributed by atoms with Crippen LogP contribution in [0, 0.1) is 11.3 Å². The minimum absolute atomic E-state index is 0.0123. The van der Waals surface area contributed by atoms with Gasteiger partial charge in [-0.15, -0.1) is 0 Å². The van der Waals surface area contributed by atoms with Crippen molar-refractivity contribution in [1.29, 1.82) is 5.26 Å². The highest BCUT2D eigenvalue weighted by atomic mass is 16.5. The smallest absolute Gasteiger partial charge is 0.252 e. The van der Waals surface area contributed by atoms with E-state index in [9.17, 15) is 9.59 Å². The molecular weight excluding hydrogens is 284 g/mol. The average molecular weight is 308 g/mol. The van der Waals surface area contributed by atoms with Gasteiger partial charge in [-0.05, 0) is 19.3 Å². The van der Waals surface area contributed by atoms with E-state index in [0.29, 0.717) is 39.3 Å². The number of hydrogen-bond donors (Lipinski definition) is 0. The van der Waals surface area contributed by atoms with Crippen molar-refractivity contribution in [3.8, 4) is 6.07 Å². The second-order valence-corrected chi connectivity index (χ2v) is 5.79. The highest BCUT2D eigenvalue weighted by Crippen LogP contribution is 2.15. The van der Waals surface area contributed by atoms with Gasteiger partial charge in [0.25, 0.3) is 5.91 Å². The number of ether oxygens (including phenoxy) is 1. The van der Waals surface area contributed by atoms with Gasteiger partial charge in [-0.1, -0.05) is 0 Å². The van der Waals surface area contributed by atoms with Crippen LogP contribution in [0.15, 0.2) is 0 Å². The van der Waals surface area contributed by atoms with Gasteiger partial charge in [0.05, 0.1) is 19.2 Å². The molecule has 2 aliphatic heterocycles. The van der Waals surface area contributed by atoms with E-state index in [4.69, 9.17) is 10.00 Å². The summed E-state index contributed by atoms with van der Waals surface area (Å²) in [4.78, 5) is 30.2. The van der Waals surface area contributed by atoms with Crippen LogP contribution in [0.1, 0.15) is 19.3 Å².